The zero-order valence-corrected chi connectivity index (χ0v) is 8.07. The van der Waals surface area contributed by atoms with E-state index in [2.05, 4.69) is 20.7 Å². The van der Waals surface area contributed by atoms with E-state index in [1.165, 1.54) is 7.11 Å². The number of ether oxygens (including phenoxy) is 1. The Morgan fingerprint density at radius 1 is 1.80 bits per heavy atom. The van der Waals surface area contributed by atoms with Gasteiger partial charge in [-0.05, 0) is 6.42 Å². The normalized spacial score (nSPS) is 11.5. The third-order valence-electron chi connectivity index (χ3n) is 0.924. The molecule has 0 amide bonds. The van der Waals surface area contributed by atoms with Crippen LogP contribution in [0, 0.1) is 0 Å². The number of hydrogen-bond acceptors (Lipinski definition) is 3. The third-order valence-corrected chi connectivity index (χ3v) is 1.38. The summed E-state index contributed by atoms with van der Waals surface area (Å²) in [5.41, 5.74) is 5.33. The maximum absolute atomic E-state index is 10.5. The van der Waals surface area contributed by atoms with Crippen molar-refractivity contribution >= 4 is 34.3 Å². The van der Waals surface area contributed by atoms with Gasteiger partial charge in [0.1, 0.15) is 6.04 Å². The van der Waals surface area contributed by atoms with Gasteiger partial charge in [0, 0.05) is 5.33 Å². The summed E-state index contributed by atoms with van der Waals surface area (Å²) >= 11 is 3.16. The summed E-state index contributed by atoms with van der Waals surface area (Å²) in [7, 11) is 1.33. The molecular formula is C5H11BrClNO2. The molecule has 0 bridgehead atoms. The van der Waals surface area contributed by atoms with Crippen LogP contribution in [0.1, 0.15) is 6.42 Å². The van der Waals surface area contributed by atoms with Crippen LogP contribution in [0.2, 0.25) is 0 Å². The molecule has 0 aliphatic heterocycles. The van der Waals surface area contributed by atoms with Gasteiger partial charge in [-0.15, -0.1) is 12.4 Å². The van der Waals surface area contributed by atoms with Gasteiger partial charge in [-0.1, -0.05) is 15.9 Å². The molecule has 10 heavy (non-hydrogen) atoms. The van der Waals surface area contributed by atoms with Crippen molar-refractivity contribution < 1.29 is 9.53 Å². The first-order chi connectivity index (χ1) is 4.22. The summed E-state index contributed by atoms with van der Waals surface area (Å²) in [5.74, 6) is -0.352. The highest BCUT2D eigenvalue weighted by atomic mass is 79.9. The Morgan fingerprint density at radius 3 is 2.60 bits per heavy atom. The fraction of sp³-hybridized carbons (Fsp3) is 0.800. The molecule has 0 saturated heterocycles. The highest BCUT2D eigenvalue weighted by Crippen LogP contribution is 1.94. The molecule has 0 aromatic rings. The van der Waals surface area contributed by atoms with E-state index in [0.717, 1.165) is 5.33 Å². The van der Waals surface area contributed by atoms with Crippen LogP contribution in [0.5, 0.6) is 0 Å². The number of hydrogen-bond donors (Lipinski definition) is 1. The Kier molecular flexibility index (Phi) is 9.38. The van der Waals surface area contributed by atoms with Gasteiger partial charge in [0.15, 0.2) is 0 Å². The van der Waals surface area contributed by atoms with Crippen molar-refractivity contribution in [1.29, 1.82) is 0 Å². The lowest BCUT2D eigenvalue weighted by molar-refractivity contribution is -0.142. The molecule has 0 aromatic carbocycles. The summed E-state index contributed by atoms with van der Waals surface area (Å²) in [6, 6.07) is -0.477. The molecule has 0 saturated carbocycles. The van der Waals surface area contributed by atoms with E-state index in [1.54, 1.807) is 0 Å². The van der Waals surface area contributed by atoms with Crippen LogP contribution in [0.15, 0.2) is 0 Å². The van der Waals surface area contributed by atoms with Gasteiger partial charge in [-0.2, -0.15) is 0 Å². The largest absolute Gasteiger partial charge is 0.468 e. The Hall–Kier alpha value is 0.200. The van der Waals surface area contributed by atoms with Crippen molar-refractivity contribution in [2.24, 2.45) is 5.73 Å². The van der Waals surface area contributed by atoms with E-state index in [0.29, 0.717) is 6.42 Å². The number of methoxy groups -OCH3 is 1. The Morgan fingerprint density at radius 2 is 2.30 bits per heavy atom. The Bertz CT molecular complexity index is 102. The maximum Gasteiger partial charge on any atom is 0.322 e. The molecule has 1 atom stereocenters. The molecule has 0 aliphatic rings. The zero-order chi connectivity index (χ0) is 7.28. The SMILES string of the molecule is COC(=O)[C@@H](N)CCBr.Cl. The molecular weight excluding hydrogens is 221 g/mol. The molecule has 0 fully saturated rings. The number of halogens is 2. The second-order valence-corrected chi connectivity index (χ2v) is 2.40. The summed E-state index contributed by atoms with van der Waals surface area (Å²) in [6.07, 6.45) is 0.618. The molecule has 0 spiro atoms. The molecule has 62 valence electrons. The van der Waals surface area contributed by atoms with Gasteiger partial charge >= 0.3 is 5.97 Å². The smallest absolute Gasteiger partial charge is 0.322 e. The fourth-order valence-electron chi connectivity index (χ4n) is 0.387. The zero-order valence-electron chi connectivity index (χ0n) is 5.67. The topological polar surface area (TPSA) is 52.3 Å². The average Bonchev–Trinajstić information content (AvgIpc) is 1.87. The fourth-order valence-corrected chi connectivity index (χ4v) is 0.880. The quantitative estimate of drug-likeness (QED) is 0.575. The number of carbonyl (C=O) groups is 1. The van der Waals surface area contributed by atoms with Gasteiger partial charge in [0.2, 0.25) is 0 Å². The first-order valence-electron chi connectivity index (χ1n) is 2.61. The van der Waals surface area contributed by atoms with Crippen molar-refractivity contribution in [3.63, 3.8) is 0 Å². The van der Waals surface area contributed by atoms with Crippen molar-refractivity contribution in [3.8, 4) is 0 Å². The van der Waals surface area contributed by atoms with Gasteiger partial charge in [-0.25, -0.2) is 0 Å². The molecule has 0 unspecified atom stereocenters. The van der Waals surface area contributed by atoms with Crippen LogP contribution in [0.25, 0.3) is 0 Å². The van der Waals surface area contributed by atoms with E-state index in [9.17, 15) is 4.79 Å². The van der Waals surface area contributed by atoms with E-state index < -0.39 is 6.04 Å². The second kappa shape index (κ2) is 7.31. The highest BCUT2D eigenvalue weighted by Gasteiger charge is 2.11. The van der Waals surface area contributed by atoms with Crippen LogP contribution in [-0.2, 0) is 9.53 Å². The molecule has 0 aromatic heterocycles. The van der Waals surface area contributed by atoms with Gasteiger partial charge in [-0.3, -0.25) is 4.79 Å². The maximum atomic E-state index is 10.5. The summed E-state index contributed by atoms with van der Waals surface area (Å²) in [6.45, 7) is 0. The predicted octanol–water partition coefficient (Wildman–Crippen LogP) is 0.694. The predicted molar refractivity (Wildman–Crippen MR) is 45.7 cm³/mol. The summed E-state index contributed by atoms with van der Waals surface area (Å²) in [4.78, 5) is 10.5. The third kappa shape index (κ3) is 5.02. The van der Waals surface area contributed by atoms with Crippen molar-refractivity contribution in [1.82, 2.24) is 0 Å². The van der Waals surface area contributed by atoms with Gasteiger partial charge < -0.3 is 10.5 Å². The molecule has 0 radical (unpaired) electrons. The van der Waals surface area contributed by atoms with E-state index in [1.807, 2.05) is 0 Å². The van der Waals surface area contributed by atoms with Crippen molar-refractivity contribution in [2.75, 3.05) is 12.4 Å². The number of esters is 1. The van der Waals surface area contributed by atoms with Crippen LogP contribution in [0.4, 0.5) is 0 Å². The molecule has 3 nitrogen and oxygen atoms in total. The number of nitrogens with two attached hydrogens (primary N) is 1. The van der Waals surface area contributed by atoms with Crippen LogP contribution in [0.3, 0.4) is 0 Å². The molecule has 0 heterocycles. The second-order valence-electron chi connectivity index (χ2n) is 1.61. The monoisotopic (exact) mass is 231 g/mol. The van der Waals surface area contributed by atoms with Crippen LogP contribution >= 0.6 is 28.3 Å². The van der Waals surface area contributed by atoms with Gasteiger partial charge in [0.05, 0.1) is 7.11 Å². The lowest BCUT2D eigenvalue weighted by Gasteiger charge is -2.04. The molecule has 2 N–H and O–H groups in total. The highest BCUT2D eigenvalue weighted by molar-refractivity contribution is 9.09. The summed E-state index contributed by atoms with van der Waals surface area (Å²) in [5, 5.41) is 0.725. The first-order valence-corrected chi connectivity index (χ1v) is 3.74. The van der Waals surface area contributed by atoms with E-state index in [4.69, 9.17) is 5.73 Å². The number of rotatable bonds is 3. The van der Waals surface area contributed by atoms with Gasteiger partial charge in [0.25, 0.3) is 0 Å². The van der Waals surface area contributed by atoms with Crippen molar-refractivity contribution in [3.05, 3.63) is 0 Å². The first kappa shape index (κ1) is 12.8. The lowest BCUT2D eigenvalue weighted by atomic mass is 10.2. The minimum atomic E-state index is -0.477. The number of carbonyl (C=O) groups excluding carboxylic acids is 1. The standard InChI is InChI=1S/C5H10BrNO2.ClH/c1-9-5(8)4(7)2-3-6;/h4H,2-3,7H2,1H3;1H/t4-;/m0./s1. The van der Waals surface area contributed by atoms with Crippen molar-refractivity contribution in [2.45, 2.75) is 12.5 Å². The number of alkyl halides is 1. The summed E-state index contributed by atoms with van der Waals surface area (Å²) < 4.78 is 4.38. The van der Waals surface area contributed by atoms with Crippen LogP contribution in [-0.4, -0.2) is 24.5 Å². The minimum Gasteiger partial charge on any atom is -0.468 e. The lowest BCUT2D eigenvalue weighted by Crippen LogP contribution is -2.31. The molecule has 5 heteroatoms. The van der Waals surface area contributed by atoms with Crippen LogP contribution < -0.4 is 5.73 Å². The van der Waals surface area contributed by atoms with E-state index >= 15 is 0 Å². The Labute approximate surface area is 74.8 Å². The average molecular weight is 233 g/mol. The van der Waals surface area contributed by atoms with E-state index in [-0.39, 0.29) is 18.4 Å². The Balaban J connectivity index is 0. The minimum absolute atomic E-state index is 0. The molecule has 0 rings (SSSR count). The molecule has 0 aliphatic carbocycles.